The molecule has 0 bridgehead atoms. The molecule has 0 saturated carbocycles. The zero-order valence-electron chi connectivity index (χ0n) is 9.43. The van der Waals surface area contributed by atoms with E-state index in [9.17, 15) is 4.79 Å². The smallest absolute Gasteiger partial charge is 0.374 e. The van der Waals surface area contributed by atoms with Crippen LogP contribution in [0, 0.1) is 6.92 Å². The lowest BCUT2D eigenvalue weighted by atomic mass is 10.1. The second-order valence-electron chi connectivity index (χ2n) is 3.62. The molecule has 1 N–H and O–H groups in total. The monoisotopic (exact) mass is 233 g/mol. The molecule has 0 aliphatic carbocycles. The largest absolute Gasteiger partial charge is 0.497 e. The minimum atomic E-state index is -1.14. The zero-order valence-corrected chi connectivity index (χ0v) is 9.43. The van der Waals surface area contributed by atoms with E-state index in [4.69, 9.17) is 14.4 Å². The fraction of sp³-hybridized carbons (Fsp3) is 0.167. The summed E-state index contributed by atoms with van der Waals surface area (Å²) in [4.78, 5) is 10.7. The summed E-state index contributed by atoms with van der Waals surface area (Å²) in [6, 6.07) is 6.92. The lowest BCUT2D eigenvalue weighted by Crippen LogP contribution is -1.91. The highest BCUT2D eigenvalue weighted by atomic mass is 16.5. The molecule has 1 aromatic heterocycles. The van der Waals surface area contributed by atoms with E-state index in [1.165, 1.54) is 6.07 Å². The van der Waals surface area contributed by atoms with Crippen LogP contribution < -0.4 is 4.74 Å². The van der Waals surface area contributed by atoms with E-state index >= 15 is 0 Å². The Morgan fingerprint density at radius 1 is 1.35 bits per heavy atom. The van der Waals surface area contributed by atoms with Crippen molar-refractivity contribution in [3.05, 3.63) is 35.6 Å². The maximum Gasteiger partial charge on any atom is 0.374 e. The minimum Gasteiger partial charge on any atom is -0.497 e. The number of hydrogen-bond donors (Lipinski definition) is 1. The summed E-state index contributed by atoms with van der Waals surface area (Å²) >= 11 is 0. The number of benzene rings is 1. The molecule has 17 heavy (non-hydrogen) atoms. The van der Waals surface area contributed by atoms with Crippen molar-refractivity contribution in [1.29, 1.82) is 0 Å². The lowest BCUT2D eigenvalue weighted by Gasteiger charge is -2.03. The summed E-state index contributed by atoms with van der Waals surface area (Å²) in [5, 5.41) is 12.5. The lowest BCUT2D eigenvalue weighted by molar-refractivity contribution is 0.0652. The normalized spacial score (nSPS) is 10.2. The molecule has 0 atom stereocenters. The molecular formula is C12H11NO4. The van der Waals surface area contributed by atoms with Crippen molar-refractivity contribution in [2.24, 2.45) is 0 Å². The Kier molecular flexibility index (Phi) is 2.82. The Morgan fingerprint density at radius 3 is 2.71 bits per heavy atom. The molecule has 0 fully saturated rings. The number of carbonyl (C=O) groups is 1. The van der Waals surface area contributed by atoms with Gasteiger partial charge in [-0.25, -0.2) is 4.79 Å². The molecule has 5 nitrogen and oxygen atoms in total. The topological polar surface area (TPSA) is 72.6 Å². The summed E-state index contributed by atoms with van der Waals surface area (Å²) < 4.78 is 9.84. The van der Waals surface area contributed by atoms with Crippen LogP contribution in [-0.4, -0.2) is 23.3 Å². The number of rotatable bonds is 3. The van der Waals surface area contributed by atoms with E-state index in [1.807, 2.05) is 19.1 Å². The molecule has 88 valence electrons. The van der Waals surface area contributed by atoms with Gasteiger partial charge in [0.25, 0.3) is 0 Å². The highest BCUT2D eigenvalue weighted by Gasteiger charge is 2.13. The maximum atomic E-state index is 10.7. The van der Waals surface area contributed by atoms with Crippen LogP contribution in [0.2, 0.25) is 0 Å². The molecule has 0 saturated heterocycles. The Morgan fingerprint density at radius 2 is 2.12 bits per heavy atom. The molecule has 2 aromatic rings. The first kappa shape index (κ1) is 11.2. The van der Waals surface area contributed by atoms with Gasteiger partial charge in [0.15, 0.2) is 0 Å². The van der Waals surface area contributed by atoms with Gasteiger partial charge >= 0.3 is 5.97 Å². The van der Waals surface area contributed by atoms with Crippen molar-refractivity contribution >= 4 is 5.97 Å². The standard InChI is InChI=1S/C12H11NO4/c1-7-3-8(5-9(4-7)16-2)10-6-11(12(14)15)17-13-10/h3-6H,1-2H3,(H,14,15). The fourth-order valence-electron chi connectivity index (χ4n) is 1.53. The van der Waals surface area contributed by atoms with Crippen LogP contribution in [0.5, 0.6) is 5.75 Å². The summed E-state index contributed by atoms with van der Waals surface area (Å²) in [5.41, 5.74) is 2.24. The van der Waals surface area contributed by atoms with E-state index in [-0.39, 0.29) is 5.76 Å². The van der Waals surface area contributed by atoms with Crippen LogP contribution in [0.3, 0.4) is 0 Å². The number of methoxy groups -OCH3 is 1. The summed E-state index contributed by atoms with van der Waals surface area (Å²) in [6.07, 6.45) is 0. The van der Waals surface area contributed by atoms with Crippen molar-refractivity contribution in [2.75, 3.05) is 7.11 Å². The van der Waals surface area contributed by atoms with Gasteiger partial charge in [-0.15, -0.1) is 0 Å². The van der Waals surface area contributed by atoms with Crippen molar-refractivity contribution < 1.29 is 19.2 Å². The molecule has 2 rings (SSSR count). The number of aromatic carboxylic acids is 1. The van der Waals surface area contributed by atoms with Crippen molar-refractivity contribution in [3.63, 3.8) is 0 Å². The molecule has 0 unspecified atom stereocenters. The van der Waals surface area contributed by atoms with Crippen LogP contribution in [0.1, 0.15) is 16.1 Å². The van der Waals surface area contributed by atoms with Crippen LogP contribution in [0.15, 0.2) is 28.8 Å². The van der Waals surface area contributed by atoms with Crippen LogP contribution >= 0.6 is 0 Å². The number of aromatic nitrogens is 1. The second-order valence-corrected chi connectivity index (χ2v) is 3.62. The predicted octanol–water partition coefficient (Wildman–Crippen LogP) is 2.36. The first-order valence-electron chi connectivity index (χ1n) is 4.96. The molecule has 0 aliphatic heterocycles. The van der Waals surface area contributed by atoms with Gasteiger partial charge in [0.1, 0.15) is 11.4 Å². The quantitative estimate of drug-likeness (QED) is 0.880. The van der Waals surface area contributed by atoms with Gasteiger partial charge in [0.2, 0.25) is 5.76 Å². The molecule has 1 heterocycles. The fourth-order valence-corrected chi connectivity index (χ4v) is 1.53. The number of ether oxygens (including phenoxy) is 1. The van der Waals surface area contributed by atoms with E-state index < -0.39 is 5.97 Å². The number of aryl methyl sites for hydroxylation is 1. The number of nitrogens with zero attached hydrogens (tertiary/aromatic N) is 1. The van der Waals surface area contributed by atoms with E-state index in [0.29, 0.717) is 11.4 Å². The van der Waals surface area contributed by atoms with Crippen LogP contribution in [0.4, 0.5) is 0 Å². The SMILES string of the molecule is COc1cc(C)cc(-c2cc(C(=O)O)on2)c1. The first-order valence-corrected chi connectivity index (χ1v) is 4.96. The zero-order chi connectivity index (χ0) is 12.4. The van der Waals surface area contributed by atoms with Crippen LogP contribution in [-0.2, 0) is 0 Å². The third kappa shape index (κ3) is 2.28. The van der Waals surface area contributed by atoms with Gasteiger partial charge in [-0.05, 0) is 30.7 Å². The summed E-state index contributed by atoms with van der Waals surface area (Å²) in [6.45, 7) is 1.92. The highest BCUT2D eigenvalue weighted by molar-refractivity contribution is 5.85. The van der Waals surface area contributed by atoms with Gasteiger partial charge < -0.3 is 14.4 Å². The Balaban J connectivity index is 2.44. The van der Waals surface area contributed by atoms with Gasteiger partial charge in [0, 0.05) is 11.6 Å². The van der Waals surface area contributed by atoms with Gasteiger partial charge in [-0.3, -0.25) is 0 Å². The highest BCUT2D eigenvalue weighted by Crippen LogP contribution is 2.25. The molecular weight excluding hydrogens is 222 g/mol. The third-order valence-electron chi connectivity index (χ3n) is 2.30. The second kappa shape index (κ2) is 4.29. The number of carboxylic acids is 1. The number of hydrogen-bond acceptors (Lipinski definition) is 4. The van der Waals surface area contributed by atoms with Crippen molar-refractivity contribution in [3.8, 4) is 17.0 Å². The van der Waals surface area contributed by atoms with Crippen molar-refractivity contribution in [2.45, 2.75) is 6.92 Å². The van der Waals surface area contributed by atoms with Gasteiger partial charge in [0.05, 0.1) is 7.11 Å². The van der Waals surface area contributed by atoms with Gasteiger partial charge in [-0.1, -0.05) is 5.16 Å². The van der Waals surface area contributed by atoms with Crippen molar-refractivity contribution in [1.82, 2.24) is 5.16 Å². The average Bonchev–Trinajstić information content (AvgIpc) is 2.77. The molecule has 5 heteroatoms. The van der Waals surface area contributed by atoms with E-state index in [0.717, 1.165) is 11.1 Å². The Bertz CT molecular complexity index is 559. The van der Waals surface area contributed by atoms with Crippen LogP contribution in [0.25, 0.3) is 11.3 Å². The van der Waals surface area contributed by atoms with E-state index in [1.54, 1.807) is 13.2 Å². The Hall–Kier alpha value is -2.30. The third-order valence-corrected chi connectivity index (χ3v) is 2.30. The molecule has 1 aromatic carbocycles. The molecule has 0 aliphatic rings. The minimum absolute atomic E-state index is 0.180. The molecule has 0 amide bonds. The summed E-state index contributed by atoms with van der Waals surface area (Å²) in [5.74, 6) is -0.622. The average molecular weight is 233 g/mol. The molecule has 0 radical (unpaired) electrons. The predicted molar refractivity (Wildman–Crippen MR) is 60.2 cm³/mol. The Labute approximate surface area is 97.6 Å². The molecule has 0 spiro atoms. The van der Waals surface area contributed by atoms with E-state index in [2.05, 4.69) is 5.16 Å². The number of carboxylic acid groups (broad SMARTS) is 1. The maximum absolute atomic E-state index is 10.7. The summed E-state index contributed by atoms with van der Waals surface area (Å²) in [7, 11) is 1.57. The first-order chi connectivity index (χ1) is 8.10. The van der Waals surface area contributed by atoms with Gasteiger partial charge in [-0.2, -0.15) is 0 Å².